The first-order valence-corrected chi connectivity index (χ1v) is 7.03. The fraction of sp³-hybridized carbons (Fsp3) is 0.250. The molecule has 2 N–H and O–H groups in total. The molecule has 0 saturated heterocycles. The van der Waals surface area contributed by atoms with Crippen molar-refractivity contribution >= 4 is 17.2 Å². The number of benzene rings is 1. The van der Waals surface area contributed by atoms with Gasteiger partial charge in [-0.1, -0.05) is 24.4 Å². The molecule has 0 aliphatic heterocycles. The summed E-state index contributed by atoms with van der Waals surface area (Å²) in [6.45, 7) is 2.63. The Morgan fingerprint density at radius 2 is 1.95 bits per heavy atom. The lowest BCUT2D eigenvalue weighted by molar-refractivity contribution is 0.202. The largest absolute Gasteiger partial charge is 0.438 e. The molecule has 1 aromatic carbocycles. The molecule has 2 rings (SSSR count). The summed E-state index contributed by atoms with van der Waals surface area (Å²) in [5, 5.41) is 0. The van der Waals surface area contributed by atoms with E-state index in [0.717, 1.165) is 12.0 Å². The zero-order valence-electron chi connectivity index (χ0n) is 12.1. The maximum Gasteiger partial charge on any atom is 0.229 e. The number of aromatic nitrogens is 1. The SMILES string of the molecule is COCCc1ccc(Oc2nccc(C)c2C(N)=S)cc1. The van der Waals surface area contributed by atoms with Crippen LogP contribution in [0.3, 0.4) is 0 Å². The number of rotatable bonds is 6. The van der Waals surface area contributed by atoms with E-state index in [0.29, 0.717) is 23.8 Å². The fourth-order valence-corrected chi connectivity index (χ4v) is 2.21. The highest BCUT2D eigenvalue weighted by Gasteiger charge is 2.12. The molecule has 1 aromatic heterocycles. The molecule has 0 radical (unpaired) electrons. The highest BCUT2D eigenvalue weighted by atomic mass is 32.1. The van der Waals surface area contributed by atoms with Crippen molar-refractivity contribution in [1.29, 1.82) is 0 Å². The van der Waals surface area contributed by atoms with E-state index in [2.05, 4.69) is 4.98 Å². The molecule has 0 saturated carbocycles. The van der Waals surface area contributed by atoms with Crippen LogP contribution in [0.15, 0.2) is 36.5 Å². The third-order valence-corrected chi connectivity index (χ3v) is 3.31. The molecule has 0 amide bonds. The van der Waals surface area contributed by atoms with E-state index in [4.69, 9.17) is 27.4 Å². The van der Waals surface area contributed by atoms with E-state index in [1.54, 1.807) is 13.3 Å². The second kappa shape index (κ2) is 7.15. The predicted molar refractivity (Wildman–Crippen MR) is 87.0 cm³/mol. The van der Waals surface area contributed by atoms with E-state index in [1.807, 2.05) is 37.3 Å². The number of pyridine rings is 1. The van der Waals surface area contributed by atoms with Crippen LogP contribution in [0, 0.1) is 6.92 Å². The highest BCUT2D eigenvalue weighted by molar-refractivity contribution is 7.80. The monoisotopic (exact) mass is 302 g/mol. The first-order chi connectivity index (χ1) is 10.1. The number of thiocarbonyl (C=S) groups is 1. The molecule has 110 valence electrons. The van der Waals surface area contributed by atoms with Gasteiger partial charge in [-0.05, 0) is 42.7 Å². The Kier molecular flexibility index (Phi) is 5.25. The van der Waals surface area contributed by atoms with Gasteiger partial charge in [0.05, 0.1) is 12.2 Å². The predicted octanol–water partition coefficient (Wildman–Crippen LogP) is 3.01. The van der Waals surface area contributed by atoms with Crippen molar-refractivity contribution in [2.24, 2.45) is 5.73 Å². The lowest BCUT2D eigenvalue weighted by atomic mass is 10.1. The lowest BCUT2D eigenvalue weighted by Gasteiger charge is -2.11. The van der Waals surface area contributed by atoms with Gasteiger partial charge in [-0.3, -0.25) is 0 Å². The summed E-state index contributed by atoms with van der Waals surface area (Å²) in [6.07, 6.45) is 2.55. The van der Waals surface area contributed by atoms with E-state index in [1.165, 1.54) is 5.56 Å². The number of nitrogens with two attached hydrogens (primary N) is 1. The Bertz CT molecular complexity index is 627. The van der Waals surface area contributed by atoms with Crippen molar-refractivity contribution in [1.82, 2.24) is 4.98 Å². The Morgan fingerprint density at radius 3 is 2.57 bits per heavy atom. The molecule has 0 unspecified atom stereocenters. The maximum absolute atomic E-state index is 5.80. The molecule has 4 nitrogen and oxygen atoms in total. The Morgan fingerprint density at radius 1 is 1.24 bits per heavy atom. The van der Waals surface area contributed by atoms with Crippen LogP contribution in [0.4, 0.5) is 0 Å². The van der Waals surface area contributed by atoms with Crippen molar-refractivity contribution in [3.63, 3.8) is 0 Å². The molecule has 0 aliphatic carbocycles. The van der Waals surface area contributed by atoms with Gasteiger partial charge in [0, 0.05) is 13.3 Å². The van der Waals surface area contributed by atoms with Crippen molar-refractivity contribution in [2.45, 2.75) is 13.3 Å². The van der Waals surface area contributed by atoms with E-state index in [-0.39, 0.29) is 4.99 Å². The van der Waals surface area contributed by atoms with Gasteiger partial charge in [0.15, 0.2) is 0 Å². The molecule has 0 atom stereocenters. The van der Waals surface area contributed by atoms with E-state index in [9.17, 15) is 0 Å². The van der Waals surface area contributed by atoms with Gasteiger partial charge in [-0.25, -0.2) is 4.98 Å². The molecule has 0 bridgehead atoms. The van der Waals surface area contributed by atoms with Crippen LogP contribution >= 0.6 is 12.2 Å². The second-order valence-electron chi connectivity index (χ2n) is 4.66. The third kappa shape index (κ3) is 4.00. The Labute approximate surface area is 129 Å². The minimum Gasteiger partial charge on any atom is -0.438 e. The fourth-order valence-electron chi connectivity index (χ4n) is 1.97. The van der Waals surface area contributed by atoms with Crippen molar-refractivity contribution in [3.05, 3.63) is 53.2 Å². The van der Waals surface area contributed by atoms with Gasteiger partial charge in [0.1, 0.15) is 10.7 Å². The summed E-state index contributed by atoms with van der Waals surface area (Å²) in [5.74, 6) is 1.14. The highest BCUT2D eigenvalue weighted by Crippen LogP contribution is 2.25. The van der Waals surface area contributed by atoms with Crippen LogP contribution in [-0.2, 0) is 11.2 Å². The molecule has 2 aromatic rings. The summed E-state index contributed by atoms with van der Waals surface area (Å²) in [5.41, 5.74) is 8.56. The van der Waals surface area contributed by atoms with Crippen molar-refractivity contribution in [3.8, 4) is 11.6 Å². The molecule has 0 aliphatic rings. The smallest absolute Gasteiger partial charge is 0.229 e. The number of hydrogen-bond donors (Lipinski definition) is 1. The lowest BCUT2D eigenvalue weighted by Crippen LogP contribution is -2.13. The summed E-state index contributed by atoms with van der Waals surface area (Å²) in [6, 6.07) is 9.67. The van der Waals surface area contributed by atoms with Crippen LogP contribution in [0.25, 0.3) is 0 Å². The Balaban J connectivity index is 2.19. The minimum atomic E-state index is 0.285. The zero-order chi connectivity index (χ0) is 15.2. The number of hydrogen-bond acceptors (Lipinski definition) is 4. The van der Waals surface area contributed by atoms with E-state index >= 15 is 0 Å². The average Bonchev–Trinajstić information content (AvgIpc) is 2.46. The third-order valence-electron chi connectivity index (χ3n) is 3.10. The summed E-state index contributed by atoms with van der Waals surface area (Å²) in [7, 11) is 1.69. The first kappa shape index (κ1) is 15.4. The zero-order valence-corrected chi connectivity index (χ0v) is 12.9. The van der Waals surface area contributed by atoms with Crippen molar-refractivity contribution < 1.29 is 9.47 Å². The second-order valence-corrected chi connectivity index (χ2v) is 5.10. The van der Waals surface area contributed by atoms with Gasteiger partial charge >= 0.3 is 0 Å². The van der Waals surface area contributed by atoms with Gasteiger partial charge in [-0.15, -0.1) is 0 Å². The number of ether oxygens (including phenoxy) is 2. The molecule has 0 fully saturated rings. The van der Waals surface area contributed by atoms with Crippen LogP contribution in [-0.4, -0.2) is 23.7 Å². The quantitative estimate of drug-likeness (QED) is 0.831. The van der Waals surface area contributed by atoms with Crippen LogP contribution in [0.1, 0.15) is 16.7 Å². The topological polar surface area (TPSA) is 57.4 Å². The van der Waals surface area contributed by atoms with Crippen molar-refractivity contribution in [2.75, 3.05) is 13.7 Å². The number of aryl methyl sites for hydroxylation is 1. The minimum absolute atomic E-state index is 0.285. The van der Waals surface area contributed by atoms with Crippen LogP contribution in [0.2, 0.25) is 0 Å². The number of nitrogens with zero attached hydrogens (tertiary/aromatic N) is 1. The maximum atomic E-state index is 5.80. The van der Waals surface area contributed by atoms with Crippen LogP contribution < -0.4 is 10.5 Å². The molecule has 0 spiro atoms. The first-order valence-electron chi connectivity index (χ1n) is 6.63. The van der Waals surface area contributed by atoms with Gasteiger partial charge in [0.2, 0.25) is 5.88 Å². The number of methoxy groups -OCH3 is 1. The molecule has 21 heavy (non-hydrogen) atoms. The van der Waals surface area contributed by atoms with E-state index < -0.39 is 0 Å². The standard InChI is InChI=1S/C16H18N2O2S/c1-11-7-9-18-16(14(11)15(17)21)20-13-5-3-12(4-6-13)8-10-19-2/h3-7,9H,8,10H2,1-2H3,(H2,17,21). The summed E-state index contributed by atoms with van der Waals surface area (Å²) in [4.78, 5) is 4.50. The molecular weight excluding hydrogens is 284 g/mol. The molecular formula is C16H18N2O2S. The Hall–Kier alpha value is -1.98. The molecule has 5 heteroatoms. The summed E-state index contributed by atoms with van der Waals surface area (Å²) < 4.78 is 10.9. The normalized spacial score (nSPS) is 10.4. The molecule has 1 heterocycles. The van der Waals surface area contributed by atoms with Gasteiger partial charge in [0.25, 0.3) is 0 Å². The van der Waals surface area contributed by atoms with Gasteiger partial charge in [-0.2, -0.15) is 0 Å². The summed E-state index contributed by atoms with van der Waals surface area (Å²) >= 11 is 5.07. The van der Waals surface area contributed by atoms with Gasteiger partial charge < -0.3 is 15.2 Å². The van der Waals surface area contributed by atoms with Crippen LogP contribution in [0.5, 0.6) is 11.6 Å². The average molecular weight is 302 g/mol.